The van der Waals surface area contributed by atoms with Crippen molar-refractivity contribution >= 4 is 35.8 Å². The molecule has 0 saturated carbocycles. The van der Waals surface area contributed by atoms with Crippen LogP contribution in [0.25, 0.3) is 10.9 Å². The standard InChI is InChI=1S/C23H28N2O3Si/c1-23(2,3)16-11-20(29(4,5)6)19(26)12-18(16)25-22(28)15-13-24-17-10-8-7-9-14(17)21(15)27/h7-13,26H,1-6H3,(H,24,27)(H,25,28)/i1D3,2D3,4D3. The van der Waals surface area contributed by atoms with Crippen molar-refractivity contribution in [2.75, 3.05) is 5.32 Å². The Kier molecular flexibility index (Phi) is 2.97. The molecule has 2 aromatic carbocycles. The average molecular weight is 418 g/mol. The van der Waals surface area contributed by atoms with Gasteiger partial charge in [0.05, 0.1) is 8.07 Å². The number of anilines is 1. The van der Waals surface area contributed by atoms with E-state index in [1.165, 1.54) is 25.4 Å². The van der Waals surface area contributed by atoms with Crippen LogP contribution in [0, 0.1) is 0 Å². The van der Waals surface area contributed by atoms with Gasteiger partial charge in [-0.25, -0.2) is 0 Å². The third-order valence-corrected chi connectivity index (χ3v) is 6.38. The molecular weight excluding hydrogens is 380 g/mol. The highest BCUT2D eigenvalue weighted by Gasteiger charge is 2.27. The van der Waals surface area contributed by atoms with Crippen LogP contribution in [0.15, 0.2) is 47.4 Å². The number of amides is 1. The number of rotatable bonds is 3. The van der Waals surface area contributed by atoms with E-state index in [4.69, 9.17) is 12.3 Å². The highest BCUT2D eigenvalue weighted by Crippen LogP contribution is 2.33. The van der Waals surface area contributed by atoms with Gasteiger partial charge in [-0.3, -0.25) is 9.59 Å². The Morgan fingerprint density at radius 1 is 1.24 bits per heavy atom. The van der Waals surface area contributed by atoms with Gasteiger partial charge in [-0.05, 0) is 28.3 Å². The predicted molar refractivity (Wildman–Crippen MR) is 122 cm³/mol. The molecule has 5 nitrogen and oxygen atoms in total. The number of aromatic amines is 1. The molecule has 3 N–H and O–H groups in total. The minimum Gasteiger partial charge on any atom is -0.508 e. The van der Waals surface area contributed by atoms with Crippen molar-refractivity contribution in [3.63, 3.8) is 0 Å². The topological polar surface area (TPSA) is 82.2 Å². The van der Waals surface area contributed by atoms with Gasteiger partial charge in [0.2, 0.25) is 5.43 Å². The van der Waals surface area contributed by atoms with Gasteiger partial charge in [0, 0.05) is 41.2 Å². The molecule has 0 unspecified atom stereocenters. The summed E-state index contributed by atoms with van der Waals surface area (Å²) in [5.41, 5.74) is -3.83. The number of para-hydroxylation sites is 1. The van der Waals surface area contributed by atoms with Gasteiger partial charge < -0.3 is 15.4 Å². The number of benzene rings is 2. The zero-order valence-corrected chi connectivity index (χ0v) is 17.3. The zero-order chi connectivity index (χ0) is 29.1. The molecule has 0 aliphatic rings. The second-order valence-corrected chi connectivity index (χ2v) is 11.5. The number of aromatic hydroxyl groups is 1. The van der Waals surface area contributed by atoms with Gasteiger partial charge in [-0.15, -0.1) is 0 Å². The Balaban J connectivity index is 2.31. The van der Waals surface area contributed by atoms with Gasteiger partial charge >= 0.3 is 0 Å². The minimum atomic E-state index is -3.51. The van der Waals surface area contributed by atoms with E-state index in [0.29, 0.717) is 5.52 Å². The van der Waals surface area contributed by atoms with Crippen molar-refractivity contribution < 1.29 is 22.2 Å². The number of hydrogen-bond donors (Lipinski definition) is 3. The van der Waals surface area contributed by atoms with E-state index in [1.807, 2.05) is 0 Å². The van der Waals surface area contributed by atoms with Gasteiger partial charge in [-0.2, -0.15) is 0 Å². The summed E-state index contributed by atoms with van der Waals surface area (Å²) in [6, 6.07) is 8.48. The van der Waals surface area contributed by atoms with Crippen LogP contribution in [-0.4, -0.2) is 24.1 Å². The summed E-state index contributed by atoms with van der Waals surface area (Å²) in [5, 5.41) is 13.4. The number of fused-ring (bicyclic) bond motifs is 1. The number of pyridine rings is 1. The molecule has 0 spiro atoms. The van der Waals surface area contributed by atoms with Crippen molar-refractivity contribution in [3.05, 3.63) is 63.9 Å². The predicted octanol–water partition coefficient (Wildman–Crippen LogP) is 4.33. The molecule has 0 fully saturated rings. The third-order valence-electron chi connectivity index (χ3n) is 4.63. The maximum atomic E-state index is 13.2. The van der Waals surface area contributed by atoms with Crippen LogP contribution in [0.2, 0.25) is 19.6 Å². The van der Waals surface area contributed by atoms with Crippen LogP contribution in [0.5, 0.6) is 5.75 Å². The SMILES string of the molecule is [2H]C([2H])([2H])C(C)(c1cc([Si](C)(C)C([2H])([2H])[2H])c(O)cc1NC(=O)c1c[nH]c2ccccc2c1=O)C([2H])([2H])[2H]. The Morgan fingerprint density at radius 3 is 2.66 bits per heavy atom. The van der Waals surface area contributed by atoms with Gasteiger partial charge in [0.15, 0.2) is 0 Å². The lowest BCUT2D eigenvalue weighted by Crippen LogP contribution is -2.39. The quantitative estimate of drug-likeness (QED) is 0.555. The van der Waals surface area contributed by atoms with Crippen molar-refractivity contribution in [1.29, 1.82) is 0 Å². The van der Waals surface area contributed by atoms with E-state index < -0.39 is 56.3 Å². The Bertz CT molecular complexity index is 1440. The molecule has 0 saturated heterocycles. The van der Waals surface area contributed by atoms with Crippen LogP contribution in [-0.2, 0) is 5.41 Å². The molecule has 1 heterocycles. The van der Waals surface area contributed by atoms with Crippen molar-refractivity contribution in [3.8, 4) is 5.75 Å². The van der Waals surface area contributed by atoms with Crippen LogP contribution in [0.1, 0.15) is 48.9 Å². The van der Waals surface area contributed by atoms with Crippen molar-refractivity contribution in [2.45, 2.75) is 45.6 Å². The largest absolute Gasteiger partial charge is 0.508 e. The Hall–Kier alpha value is -2.86. The number of carbonyl (C=O) groups is 1. The van der Waals surface area contributed by atoms with E-state index in [9.17, 15) is 14.7 Å². The molecule has 0 atom stereocenters. The van der Waals surface area contributed by atoms with E-state index >= 15 is 0 Å². The summed E-state index contributed by atoms with van der Waals surface area (Å²) in [4.78, 5) is 29.0. The summed E-state index contributed by atoms with van der Waals surface area (Å²) in [7, 11) is -3.51. The van der Waals surface area contributed by atoms with E-state index in [2.05, 4.69) is 10.3 Å². The number of H-pyrrole nitrogens is 1. The average Bonchev–Trinajstić information content (AvgIpc) is 2.76. The van der Waals surface area contributed by atoms with E-state index in [0.717, 1.165) is 19.1 Å². The van der Waals surface area contributed by atoms with Gasteiger partial charge in [0.25, 0.3) is 5.91 Å². The second-order valence-electron chi connectivity index (χ2n) is 7.70. The fraction of sp³-hybridized carbons (Fsp3) is 0.304. The highest BCUT2D eigenvalue weighted by atomic mass is 28.3. The van der Waals surface area contributed by atoms with Gasteiger partial charge in [0.1, 0.15) is 11.3 Å². The normalized spacial score (nSPS) is 18.1. The molecule has 0 bridgehead atoms. The molecule has 3 rings (SSSR count). The molecule has 0 aliphatic heterocycles. The second kappa shape index (κ2) is 7.19. The van der Waals surface area contributed by atoms with Crippen LogP contribution in [0.4, 0.5) is 5.69 Å². The molecule has 6 heteroatoms. The van der Waals surface area contributed by atoms with Crippen LogP contribution in [0.3, 0.4) is 0 Å². The molecule has 1 amide bonds. The zero-order valence-electron chi connectivity index (χ0n) is 25.3. The number of nitrogens with one attached hydrogen (secondary N) is 2. The lowest BCUT2D eigenvalue weighted by atomic mass is 9.85. The Morgan fingerprint density at radius 2 is 1.97 bits per heavy atom. The number of aromatic nitrogens is 1. The monoisotopic (exact) mass is 417 g/mol. The fourth-order valence-electron chi connectivity index (χ4n) is 3.13. The van der Waals surface area contributed by atoms with Crippen molar-refractivity contribution in [2.24, 2.45) is 0 Å². The summed E-state index contributed by atoms with van der Waals surface area (Å²) < 4.78 is 72.4. The molecule has 29 heavy (non-hydrogen) atoms. The van der Waals surface area contributed by atoms with Crippen LogP contribution < -0.4 is 15.9 Å². The first-order chi connectivity index (χ1) is 17.1. The summed E-state index contributed by atoms with van der Waals surface area (Å²) in [5.74, 6) is -1.51. The molecular formula is C23H28N2O3Si. The van der Waals surface area contributed by atoms with Crippen LogP contribution >= 0.6 is 0 Å². The fourth-order valence-corrected chi connectivity index (χ4v) is 4.35. The maximum Gasteiger partial charge on any atom is 0.261 e. The summed E-state index contributed by atoms with van der Waals surface area (Å²) >= 11 is 0. The minimum absolute atomic E-state index is 0.0891. The maximum absolute atomic E-state index is 13.2. The molecule has 3 aromatic rings. The summed E-state index contributed by atoms with van der Waals surface area (Å²) in [6.07, 6.45) is 1.17. The summed E-state index contributed by atoms with van der Waals surface area (Å²) in [6.45, 7) is -4.95. The lowest BCUT2D eigenvalue weighted by Gasteiger charge is -2.27. The van der Waals surface area contributed by atoms with Crippen molar-refractivity contribution in [1.82, 2.24) is 4.98 Å². The smallest absolute Gasteiger partial charge is 0.261 e. The molecule has 1 aromatic heterocycles. The first-order valence-corrected chi connectivity index (χ1v) is 11.9. The highest BCUT2D eigenvalue weighted by molar-refractivity contribution is 6.89. The van der Waals surface area contributed by atoms with E-state index in [1.54, 1.807) is 18.2 Å². The Labute approximate surface area is 184 Å². The first-order valence-electron chi connectivity index (χ1n) is 13.4. The lowest BCUT2D eigenvalue weighted by molar-refractivity contribution is 0.102. The number of phenolic OH excluding ortho intramolecular Hbond substituents is 1. The van der Waals surface area contributed by atoms with E-state index in [-0.39, 0.29) is 21.8 Å². The molecule has 0 radical (unpaired) electrons. The third kappa shape index (κ3) is 4.12. The molecule has 0 aliphatic carbocycles. The number of carbonyl (C=O) groups excluding carboxylic acids is 1. The number of phenols is 1. The number of hydrogen-bond acceptors (Lipinski definition) is 3. The van der Waals surface area contributed by atoms with Gasteiger partial charge in [-0.1, -0.05) is 58.4 Å². The first kappa shape index (κ1) is 12.0. The molecule has 152 valence electrons.